The van der Waals surface area contributed by atoms with E-state index in [-0.39, 0.29) is 34.6 Å². The summed E-state index contributed by atoms with van der Waals surface area (Å²) in [6.45, 7) is 18.4. The van der Waals surface area contributed by atoms with Gasteiger partial charge in [0.2, 0.25) is 5.91 Å². The van der Waals surface area contributed by atoms with Gasteiger partial charge in [-0.25, -0.2) is 9.78 Å². The van der Waals surface area contributed by atoms with Crippen LogP contribution in [0.3, 0.4) is 0 Å². The molecule has 1 amide bonds. The lowest BCUT2D eigenvalue weighted by Gasteiger charge is -2.24. The first-order chi connectivity index (χ1) is 31.1. The van der Waals surface area contributed by atoms with Crippen molar-refractivity contribution >= 4 is 41.2 Å². The number of rotatable bonds is 19. The number of carboxylic acids is 1. The predicted molar refractivity (Wildman–Crippen MR) is 267 cm³/mol. The summed E-state index contributed by atoms with van der Waals surface area (Å²) >= 11 is 0. The smallest absolute Gasteiger partial charge is 0.336 e. The van der Waals surface area contributed by atoms with E-state index in [2.05, 4.69) is 89.4 Å². The zero-order valence-corrected chi connectivity index (χ0v) is 39.1. The Balaban J connectivity index is 1.27. The van der Waals surface area contributed by atoms with Gasteiger partial charge in [0.05, 0.1) is 29.3 Å². The summed E-state index contributed by atoms with van der Waals surface area (Å²) in [5.41, 5.74) is 10.4. The molecule has 65 heavy (non-hydrogen) atoms. The molecule has 0 spiro atoms. The molecule has 0 aliphatic heterocycles. The van der Waals surface area contributed by atoms with Crippen molar-refractivity contribution in [2.45, 2.75) is 86.1 Å². The average Bonchev–Trinajstić information content (AvgIpc) is 3.27. The lowest BCUT2D eigenvalue weighted by atomic mass is 9.87. The number of anilines is 2. The lowest BCUT2D eigenvalue weighted by Crippen LogP contribution is -2.36. The van der Waals surface area contributed by atoms with Crippen molar-refractivity contribution in [3.05, 3.63) is 183 Å². The lowest BCUT2D eigenvalue weighted by molar-refractivity contribution is -0.130. The highest BCUT2D eigenvalue weighted by atomic mass is 16.5. The topological polar surface area (TPSA) is 128 Å². The highest BCUT2D eigenvalue weighted by molar-refractivity contribution is 6.09. The van der Waals surface area contributed by atoms with Crippen molar-refractivity contribution in [1.82, 2.24) is 9.88 Å². The molecule has 6 aromatic rings. The van der Waals surface area contributed by atoms with Crippen LogP contribution in [-0.4, -0.2) is 52.2 Å². The average molecular weight is 870 g/mol. The van der Waals surface area contributed by atoms with Gasteiger partial charge in [-0.1, -0.05) is 113 Å². The maximum atomic E-state index is 13.9. The molecule has 1 atom stereocenters. The number of carbonyl (C=O) groups excluding carboxylic acids is 1. The fraction of sp³-hybridized carbons (Fsp3) is 0.286. The molecule has 0 fully saturated rings. The van der Waals surface area contributed by atoms with Crippen LogP contribution in [0.2, 0.25) is 0 Å². The number of amides is 1. The number of benzene rings is 5. The van der Waals surface area contributed by atoms with Gasteiger partial charge in [0.1, 0.15) is 17.3 Å². The van der Waals surface area contributed by atoms with Crippen LogP contribution in [0.4, 0.5) is 11.5 Å². The number of aromatic nitrogens is 1. The molecule has 336 valence electrons. The number of aromatic carboxylic acids is 1. The van der Waals surface area contributed by atoms with Crippen LogP contribution in [-0.2, 0) is 23.1 Å². The molecule has 6 rings (SSSR count). The number of nitrogens with one attached hydrogen (secondary N) is 3. The number of hydrogen-bond donors (Lipinski definition) is 4. The number of pyridine rings is 1. The van der Waals surface area contributed by atoms with E-state index in [1.54, 1.807) is 13.0 Å². The minimum atomic E-state index is -1.15. The molecular formula is C56H63N5O4. The van der Waals surface area contributed by atoms with Gasteiger partial charge in [0.15, 0.2) is 0 Å². The molecule has 4 N–H and O–H groups in total. The highest BCUT2D eigenvalue weighted by Gasteiger charge is 2.23. The van der Waals surface area contributed by atoms with E-state index in [1.807, 2.05) is 95.9 Å². The van der Waals surface area contributed by atoms with Crippen LogP contribution < -0.4 is 15.4 Å². The Morgan fingerprint density at radius 3 is 2.12 bits per heavy atom. The third-order valence-corrected chi connectivity index (χ3v) is 11.7. The maximum absolute atomic E-state index is 13.9. The van der Waals surface area contributed by atoms with Crippen molar-refractivity contribution in [1.29, 1.82) is 5.41 Å². The Morgan fingerprint density at radius 2 is 1.49 bits per heavy atom. The molecule has 0 bridgehead atoms. The van der Waals surface area contributed by atoms with Gasteiger partial charge in [-0.2, -0.15) is 0 Å². The van der Waals surface area contributed by atoms with E-state index in [0.717, 1.165) is 51.2 Å². The zero-order valence-electron chi connectivity index (χ0n) is 39.1. The van der Waals surface area contributed by atoms with Crippen LogP contribution in [0, 0.1) is 26.2 Å². The summed E-state index contributed by atoms with van der Waals surface area (Å²) in [6.07, 6.45) is 5.25. The summed E-state index contributed by atoms with van der Waals surface area (Å²) in [5, 5.41) is 26.2. The zero-order chi connectivity index (χ0) is 46.7. The monoisotopic (exact) mass is 869 g/mol. The first kappa shape index (κ1) is 47.5. The number of carboxylic acid groups (broad SMARTS) is 1. The van der Waals surface area contributed by atoms with E-state index < -0.39 is 12.0 Å². The molecule has 0 aliphatic carbocycles. The normalized spacial score (nSPS) is 11.9. The molecule has 9 nitrogen and oxygen atoms in total. The molecule has 0 radical (unpaired) electrons. The Bertz CT molecular complexity index is 2610. The van der Waals surface area contributed by atoms with E-state index in [1.165, 1.54) is 17.2 Å². The van der Waals surface area contributed by atoms with Crippen LogP contribution in [0.25, 0.3) is 12.2 Å². The third-order valence-electron chi connectivity index (χ3n) is 11.7. The van der Waals surface area contributed by atoms with Gasteiger partial charge in [-0.05, 0) is 139 Å². The Labute approximate surface area is 385 Å². The molecule has 0 saturated heterocycles. The van der Waals surface area contributed by atoms with Crippen LogP contribution in [0.1, 0.15) is 113 Å². The number of aryl methyl sites for hydroxylation is 2. The van der Waals surface area contributed by atoms with E-state index in [0.29, 0.717) is 43.3 Å². The SMILES string of the molecule is CCCN(CCNc1ccc(C(C)(C)C)cc1)C(=O)Cc1cccc(CC(Nc2nc(/C=C/c3ccccc3)cc(C(=O)O)c2C(C)=N)c2ccc(Oc3cc(C)c(C)c(C)c3)cc2)c1. The standard InChI is InChI=1S/C56H63N5O4/c1-9-29-61(30-28-58-46-24-21-45(22-25-46)56(6,7)8)52(62)35-43-17-13-16-42(33-43)34-51(44-19-26-48(27-20-44)65-49-31-37(2)39(4)38(3)32-49)60-54-53(40(5)57)50(55(63)64)36-47(59-54)23-18-41-14-11-10-12-15-41/h10-27,31-33,36,51,57-58H,9,28-30,34-35H2,1-8H3,(H,59,60)(H,63,64)/b23-18+,57-40?. The molecular weight excluding hydrogens is 807 g/mol. The quantitative estimate of drug-likeness (QED) is 0.0597. The Kier molecular flexibility index (Phi) is 15.8. The molecule has 0 saturated carbocycles. The van der Waals surface area contributed by atoms with Gasteiger partial charge >= 0.3 is 5.97 Å². The van der Waals surface area contributed by atoms with E-state index in [4.69, 9.17) is 15.1 Å². The second kappa shape index (κ2) is 21.6. The molecule has 1 heterocycles. The number of nitrogens with zero attached hydrogens (tertiary/aromatic N) is 2. The second-order valence-corrected chi connectivity index (χ2v) is 17.9. The van der Waals surface area contributed by atoms with Gasteiger partial charge in [0.25, 0.3) is 0 Å². The third kappa shape index (κ3) is 13.0. The number of carbonyl (C=O) groups is 2. The maximum Gasteiger partial charge on any atom is 0.336 e. The number of hydrogen-bond acceptors (Lipinski definition) is 7. The van der Waals surface area contributed by atoms with Crippen molar-refractivity contribution in [3.63, 3.8) is 0 Å². The summed E-state index contributed by atoms with van der Waals surface area (Å²) in [5.74, 6) is 0.648. The van der Waals surface area contributed by atoms with Crippen molar-refractivity contribution in [2.24, 2.45) is 0 Å². The molecule has 9 heteroatoms. The van der Waals surface area contributed by atoms with Crippen LogP contribution >= 0.6 is 0 Å². The summed E-state index contributed by atoms with van der Waals surface area (Å²) in [7, 11) is 0. The van der Waals surface area contributed by atoms with Gasteiger partial charge < -0.3 is 30.8 Å². The molecule has 1 aromatic heterocycles. The second-order valence-electron chi connectivity index (χ2n) is 17.9. The highest BCUT2D eigenvalue weighted by Crippen LogP contribution is 2.32. The van der Waals surface area contributed by atoms with Crippen LogP contribution in [0.5, 0.6) is 11.5 Å². The van der Waals surface area contributed by atoms with Crippen molar-refractivity contribution in [2.75, 3.05) is 30.3 Å². The molecule has 1 unspecified atom stereocenters. The molecule has 0 aliphatic rings. The van der Waals surface area contributed by atoms with Crippen LogP contribution in [0.15, 0.2) is 121 Å². The number of ether oxygens (including phenoxy) is 1. The summed E-state index contributed by atoms with van der Waals surface area (Å²) in [6, 6.07) is 39.4. The predicted octanol–water partition coefficient (Wildman–Crippen LogP) is 12.6. The fourth-order valence-electron chi connectivity index (χ4n) is 7.87. The van der Waals surface area contributed by atoms with Gasteiger partial charge in [0, 0.05) is 31.0 Å². The minimum Gasteiger partial charge on any atom is -0.478 e. The van der Waals surface area contributed by atoms with Gasteiger partial charge in [-0.15, -0.1) is 0 Å². The van der Waals surface area contributed by atoms with Gasteiger partial charge in [-0.3, -0.25) is 4.79 Å². The first-order valence-corrected chi connectivity index (χ1v) is 22.5. The Morgan fingerprint density at radius 1 is 0.815 bits per heavy atom. The van der Waals surface area contributed by atoms with E-state index in [9.17, 15) is 14.7 Å². The fourth-order valence-corrected chi connectivity index (χ4v) is 7.87. The largest absolute Gasteiger partial charge is 0.478 e. The van der Waals surface area contributed by atoms with Crippen molar-refractivity contribution < 1.29 is 19.4 Å². The molecule has 5 aromatic carbocycles. The first-order valence-electron chi connectivity index (χ1n) is 22.5. The Hall–Kier alpha value is -7.00. The minimum absolute atomic E-state index is 0.0142. The van der Waals surface area contributed by atoms with Crippen molar-refractivity contribution in [3.8, 4) is 11.5 Å². The summed E-state index contributed by atoms with van der Waals surface area (Å²) < 4.78 is 6.32. The van der Waals surface area contributed by atoms with E-state index >= 15 is 0 Å². The summed E-state index contributed by atoms with van der Waals surface area (Å²) in [4.78, 5) is 33.5.